The monoisotopic (exact) mass is 210 g/mol. The minimum atomic E-state index is 0.732. The summed E-state index contributed by atoms with van der Waals surface area (Å²) in [6.07, 6.45) is 0. The summed E-state index contributed by atoms with van der Waals surface area (Å²) < 4.78 is 0. The molecule has 2 unspecified atom stereocenters. The highest BCUT2D eigenvalue weighted by molar-refractivity contribution is 8.06. The zero-order valence-electron chi connectivity index (χ0n) is 8.18. The Labute approximate surface area is 93.3 Å². The maximum atomic E-state index is 2.28. The second-order valence-electron chi connectivity index (χ2n) is 4.15. The topological polar surface area (TPSA) is 0 Å². The van der Waals surface area contributed by atoms with Gasteiger partial charge in [-0.3, -0.25) is 0 Å². The molecular formula is C14H10S. The average Bonchev–Trinajstić information content (AvgIpc) is 3.10. The van der Waals surface area contributed by atoms with E-state index in [4.69, 9.17) is 0 Å². The van der Waals surface area contributed by atoms with Crippen molar-refractivity contribution >= 4 is 11.8 Å². The Kier molecular flexibility index (Phi) is 1.43. The van der Waals surface area contributed by atoms with Crippen LogP contribution >= 0.6 is 11.8 Å². The summed E-state index contributed by atoms with van der Waals surface area (Å²) in [7, 11) is 0. The zero-order valence-corrected chi connectivity index (χ0v) is 9.00. The predicted octanol–water partition coefficient (Wildman–Crippen LogP) is 4.20. The lowest BCUT2D eigenvalue weighted by atomic mass is 9.86. The van der Waals surface area contributed by atoms with Crippen molar-refractivity contribution in [3.63, 3.8) is 0 Å². The van der Waals surface area contributed by atoms with Gasteiger partial charge in [0, 0.05) is 10.5 Å². The van der Waals surface area contributed by atoms with E-state index in [1.54, 1.807) is 0 Å². The Morgan fingerprint density at radius 3 is 1.67 bits per heavy atom. The van der Waals surface area contributed by atoms with Gasteiger partial charge in [-0.1, -0.05) is 48.5 Å². The van der Waals surface area contributed by atoms with Gasteiger partial charge in [-0.25, -0.2) is 0 Å². The Bertz CT molecular complexity index is 495. The summed E-state index contributed by atoms with van der Waals surface area (Å²) in [6.45, 7) is 0. The van der Waals surface area contributed by atoms with Gasteiger partial charge in [0.05, 0.1) is 0 Å². The Balaban J connectivity index is 2.09. The molecule has 1 saturated heterocycles. The van der Waals surface area contributed by atoms with Gasteiger partial charge in [0.15, 0.2) is 0 Å². The summed E-state index contributed by atoms with van der Waals surface area (Å²) in [5, 5.41) is 1.46. The SMILES string of the molecule is c1ccc2c(c1)-c1ccccc1C1SC21. The molecule has 0 radical (unpaired) electrons. The van der Waals surface area contributed by atoms with Gasteiger partial charge >= 0.3 is 0 Å². The molecule has 15 heavy (non-hydrogen) atoms. The fourth-order valence-corrected chi connectivity index (χ4v) is 3.79. The van der Waals surface area contributed by atoms with E-state index in [2.05, 4.69) is 60.3 Å². The Hall–Kier alpha value is -1.21. The fraction of sp³-hybridized carbons (Fsp3) is 0.143. The molecule has 0 spiro atoms. The van der Waals surface area contributed by atoms with Gasteiger partial charge in [0.25, 0.3) is 0 Å². The first-order valence-electron chi connectivity index (χ1n) is 5.29. The normalized spacial score (nSPS) is 25.1. The summed E-state index contributed by atoms with van der Waals surface area (Å²) in [4.78, 5) is 0. The van der Waals surface area contributed by atoms with Crippen molar-refractivity contribution in [3.8, 4) is 11.1 Å². The van der Waals surface area contributed by atoms with Gasteiger partial charge < -0.3 is 0 Å². The van der Waals surface area contributed by atoms with E-state index in [1.165, 1.54) is 22.3 Å². The van der Waals surface area contributed by atoms with Crippen LogP contribution in [-0.4, -0.2) is 0 Å². The lowest BCUT2D eigenvalue weighted by Crippen LogP contribution is -1.98. The number of benzene rings is 2. The van der Waals surface area contributed by atoms with E-state index >= 15 is 0 Å². The van der Waals surface area contributed by atoms with Crippen molar-refractivity contribution < 1.29 is 0 Å². The fourth-order valence-electron chi connectivity index (χ4n) is 2.57. The number of hydrogen-bond acceptors (Lipinski definition) is 1. The summed E-state index contributed by atoms with van der Waals surface area (Å²) in [5.41, 5.74) is 5.95. The predicted molar refractivity (Wildman–Crippen MR) is 65.0 cm³/mol. The molecule has 1 heterocycles. The van der Waals surface area contributed by atoms with E-state index in [9.17, 15) is 0 Å². The van der Waals surface area contributed by atoms with Crippen LogP contribution in [0.3, 0.4) is 0 Å². The van der Waals surface area contributed by atoms with Gasteiger partial charge in [-0.15, -0.1) is 11.8 Å². The first-order chi connectivity index (χ1) is 7.45. The van der Waals surface area contributed by atoms with Gasteiger partial charge in [-0.05, 0) is 22.3 Å². The lowest BCUT2D eigenvalue weighted by molar-refractivity contribution is 1.01. The second-order valence-corrected chi connectivity index (χ2v) is 5.44. The molecule has 1 heteroatoms. The van der Waals surface area contributed by atoms with Crippen molar-refractivity contribution in [1.82, 2.24) is 0 Å². The molecule has 4 rings (SSSR count). The van der Waals surface area contributed by atoms with Crippen molar-refractivity contribution in [2.24, 2.45) is 0 Å². The molecule has 1 fully saturated rings. The quantitative estimate of drug-likeness (QED) is 0.587. The van der Waals surface area contributed by atoms with Crippen LogP contribution in [0.4, 0.5) is 0 Å². The molecule has 2 aromatic carbocycles. The van der Waals surface area contributed by atoms with E-state index in [-0.39, 0.29) is 0 Å². The molecule has 2 atom stereocenters. The maximum Gasteiger partial charge on any atom is 0.0470 e. The Morgan fingerprint density at radius 2 is 1.13 bits per heavy atom. The van der Waals surface area contributed by atoms with Crippen LogP contribution in [0.15, 0.2) is 48.5 Å². The minimum Gasteiger partial charge on any atom is -0.142 e. The lowest BCUT2D eigenvalue weighted by Gasteiger charge is -2.17. The summed E-state index contributed by atoms with van der Waals surface area (Å²) >= 11 is 2.08. The minimum absolute atomic E-state index is 0.732. The van der Waals surface area contributed by atoms with Crippen LogP contribution in [0.2, 0.25) is 0 Å². The van der Waals surface area contributed by atoms with Crippen LogP contribution in [-0.2, 0) is 0 Å². The third kappa shape index (κ3) is 0.990. The summed E-state index contributed by atoms with van der Waals surface area (Å²) in [5.74, 6) is 0. The molecule has 0 nitrogen and oxygen atoms in total. The smallest absolute Gasteiger partial charge is 0.0470 e. The molecule has 0 amide bonds. The van der Waals surface area contributed by atoms with Crippen LogP contribution in [0.1, 0.15) is 21.6 Å². The molecule has 2 aromatic rings. The van der Waals surface area contributed by atoms with Crippen molar-refractivity contribution in [2.75, 3.05) is 0 Å². The highest BCUT2D eigenvalue weighted by Crippen LogP contribution is 2.70. The van der Waals surface area contributed by atoms with E-state index in [1.807, 2.05) is 0 Å². The first kappa shape index (κ1) is 8.00. The first-order valence-corrected chi connectivity index (χ1v) is 6.23. The molecular weight excluding hydrogens is 200 g/mol. The van der Waals surface area contributed by atoms with Crippen LogP contribution in [0.5, 0.6) is 0 Å². The van der Waals surface area contributed by atoms with Gasteiger partial charge in [0.2, 0.25) is 0 Å². The summed E-state index contributed by atoms with van der Waals surface area (Å²) in [6, 6.07) is 17.7. The molecule has 0 N–H and O–H groups in total. The number of rotatable bonds is 0. The molecule has 0 aromatic heterocycles. The average molecular weight is 210 g/mol. The molecule has 0 bridgehead atoms. The van der Waals surface area contributed by atoms with Gasteiger partial charge in [0.1, 0.15) is 0 Å². The molecule has 1 aliphatic heterocycles. The standard InChI is InChI=1S/C14H10S/c1-3-7-11-9(5-1)10-6-2-4-8-12(10)14-13(11)15-14/h1-8,13-14H. The number of fused-ring (bicyclic) bond motifs is 6. The largest absolute Gasteiger partial charge is 0.142 e. The number of thioether (sulfide) groups is 1. The molecule has 1 aliphatic carbocycles. The third-order valence-electron chi connectivity index (χ3n) is 3.32. The van der Waals surface area contributed by atoms with Crippen LogP contribution in [0.25, 0.3) is 11.1 Å². The van der Waals surface area contributed by atoms with E-state index < -0.39 is 0 Å². The van der Waals surface area contributed by atoms with Crippen LogP contribution < -0.4 is 0 Å². The second kappa shape index (κ2) is 2.67. The van der Waals surface area contributed by atoms with Crippen molar-refractivity contribution in [1.29, 1.82) is 0 Å². The van der Waals surface area contributed by atoms with Crippen LogP contribution in [0, 0.1) is 0 Å². The Morgan fingerprint density at radius 1 is 0.667 bits per heavy atom. The highest BCUT2D eigenvalue weighted by atomic mass is 32.2. The zero-order chi connectivity index (χ0) is 9.83. The van der Waals surface area contributed by atoms with Gasteiger partial charge in [-0.2, -0.15) is 0 Å². The third-order valence-corrected chi connectivity index (χ3v) is 4.64. The van der Waals surface area contributed by atoms with E-state index in [0.717, 1.165) is 10.5 Å². The molecule has 2 aliphatic rings. The van der Waals surface area contributed by atoms with E-state index in [0.29, 0.717) is 0 Å². The number of hydrogen-bond donors (Lipinski definition) is 0. The highest BCUT2D eigenvalue weighted by Gasteiger charge is 2.46. The molecule has 72 valence electrons. The van der Waals surface area contributed by atoms with Crippen molar-refractivity contribution in [3.05, 3.63) is 59.7 Å². The molecule has 0 saturated carbocycles. The maximum absolute atomic E-state index is 2.28. The van der Waals surface area contributed by atoms with Crippen molar-refractivity contribution in [2.45, 2.75) is 10.5 Å².